The van der Waals surface area contributed by atoms with E-state index in [0.717, 1.165) is 0 Å². The molecule has 1 fully saturated rings. The van der Waals surface area contributed by atoms with Gasteiger partial charge in [-0.3, -0.25) is 9.55 Å². The van der Waals surface area contributed by atoms with Crippen LogP contribution in [0.3, 0.4) is 0 Å². The van der Waals surface area contributed by atoms with Gasteiger partial charge in [0.25, 0.3) is 0 Å². The summed E-state index contributed by atoms with van der Waals surface area (Å²) in [6.07, 6.45) is -1.30. The summed E-state index contributed by atoms with van der Waals surface area (Å²) in [4.78, 5) is 13.9. The van der Waals surface area contributed by atoms with Crippen molar-refractivity contribution in [3.63, 3.8) is 0 Å². The van der Waals surface area contributed by atoms with Gasteiger partial charge in [0.05, 0.1) is 6.61 Å². The lowest BCUT2D eigenvalue weighted by molar-refractivity contribution is -0.0355. The van der Waals surface area contributed by atoms with Crippen LogP contribution in [0.2, 0.25) is 0 Å². The summed E-state index contributed by atoms with van der Waals surface area (Å²) in [5.74, 6) is 0. The monoisotopic (exact) mass is 246 g/mol. The molecule has 0 aliphatic carbocycles. The summed E-state index contributed by atoms with van der Waals surface area (Å²) in [7, 11) is 0. The minimum atomic E-state index is -1.26. The number of halogens is 1. The van der Waals surface area contributed by atoms with Gasteiger partial charge in [-0.25, -0.2) is 9.18 Å². The molecule has 88 valence electrons. The van der Waals surface area contributed by atoms with E-state index in [9.17, 15) is 9.18 Å². The number of H-pyrrole nitrogens is 1. The maximum Gasteiger partial charge on any atom is 0.328 e. The summed E-state index contributed by atoms with van der Waals surface area (Å²) >= 11 is 4.78. The van der Waals surface area contributed by atoms with Crippen molar-refractivity contribution in [1.29, 1.82) is 0 Å². The highest BCUT2D eigenvalue weighted by Crippen LogP contribution is 2.29. The molecule has 0 aromatic carbocycles. The minimum Gasteiger partial charge on any atom is -0.394 e. The first kappa shape index (κ1) is 11.4. The van der Waals surface area contributed by atoms with Gasteiger partial charge in [-0.2, -0.15) is 0 Å². The van der Waals surface area contributed by atoms with Gasteiger partial charge in [-0.15, -0.1) is 0 Å². The zero-order valence-corrected chi connectivity index (χ0v) is 9.11. The van der Waals surface area contributed by atoms with E-state index in [1.54, 1.807) is 0 Å². The van der Waals surface area contributed by atoms with Crippen molar-refractivity contribution in [2.45, 2.75) is 24.9 Å². The Bertz CT molecular complexity index is 486. The van der Waals surface area contributed by atoms with Crippen molar-refractivity contribution in [2.75, 3.05) is 6.61 Å². The lowest BCUT2D eigenvalue weighted by Gasteiger charge is -2.13. The molecule has 16 heavy (non-hydrogen) atoms. The van der Waals surface area contributed by atoms with Gasteiger partial charge < -0.3 is 9.84 Å². The lowest BCUT2D eigenvalue weighted by atomic mass is 10.2. The van der Waals surface area contributed by atoms with Gasteiger partial charge >= 0.3 is 5.69 Å². The third-order valence-electron chi connectivity index (χ3n) is 2.50. The molecule has 2 heterocycles. The number of nitrogens with one attached hydrogen (secondary N) is 1. The number of aliphatic hydroxyl groups is 1. The average Bonchev–Trinajstić information content (AvgIpc) is 2.59. The zero-order valence-electron chi connectivity index (χ0n) is 8.30. The van der Waals surface area contributed by atoms with E-state index < -0.39 is 30.8 Å². The maximum absolute atomic E-state index is 13.3. The number of alkyl halides is 1. The molecule has 1 aromatic rings. The Morgan fingerprint density at radius 1 is 1.75 bits per heavy atom. The van der Waals surface area contributed by atoms with Crippen LogP contribution < -0.4 is 5.69 Å². The smallest absolute Gasteiger partial charge is 0.328 e. The van der Waals surface area contributed by atoms with Gasteiger partial charge in [0.1, 0.15) is 23.1 Å². The van der Waals surface area contributed by atoms with Crippen LogP contribution in [0, 0.1) is 4.64 Å². The third-order valence-corrected chi connectivity index (χ3v) is 2.74. The van der Waals surface area contributed by atoms with Gasteiger partial charge in [0.2, 0.25) is 0 Å². The van der Waals surface area contributed by atoms with E-state index in [-0.39, 0.29) is 6.42 Å². The van der Waals surface area contributed by atoms with E-state index >= 15 is 0 Å². The number of aliphatic hydroxyl groups excluding tert-OH is 1. The summed E-state index contributed by atoms with van der Waals surface area (Å²) in [5, 5.41) is 8.84. The number of aromatic nitrogens is 2. The van der Waals surface area contributed by atoms with Crippen LogP contribution in [-0.2, 0) is 4.74 Å². The first-order valence-corrected chi connectivity index (χ1v) is 5.24. The number of aromatic amines is 1. The number of ether oxygens (including phenoxy) is 1. The van der Waals surface area contributed by atoms with E-state index in [4.69, 9.17) is 22.1 Å². The maximum atomic E-state index is 13.3. The second-order valence-electron chi connectivity index (χ2n) is 3.58. The summed E-state index contributed by atoms with van der Waals surface area (Å²) in [6.45, 7) is -0.394. The molecule has 0 saturated carbocycles. The van der Waals surface area contributed by atoms with Gasteiger partial charge in [0, 0.05) is 12.6 Å². The molecule has 5 nitrogen and oxygen atoms in total. The molecular weight excluding hydrogens is 235 g/mol. The topological polar surface area (TPSA) is 67.2 Å². The second kappa shape index (κ2) is 4.44. The highest BCUT2D eigenvalue weighted by Gasteiger charge is 2.36. The lowest BCUT2D eigenvalue weighted by Crippen LogP contribution is -2.27. The number of nitrogens with zero attached hydrogens (tertiary/aromatic N) is 1. The molecule has 0 spiro atoms. The van der Waals surface area contributed by atoms with E-state index in [1.807, 2.05) is 0 Å². The molecule has 0 radical (unpaired) electrons. The van der Waals surface area contributed by atoms with E-state index in [2.05, 4.69) is 4.98 Å². The largest absolute Gasteiger partial charge is 0.394 e. The minimum absolute atomic E-state index is 0.0513. The average molecular weight is 246 g/mol. The highest BCUT2D eigenvalue weighted by atomic mass is 32.1. The van der Waals surface area contributed by atoms with Crippen LogP contribution in [-0.4, -0.2) is 33.5 Å². The molecule has 0 bridgehead atoms. The molecular formula is C9H11FN2O3S. The van der Waals surface area contributed by atoms with Crippen molar-refractivity contribution >= 4 is 12.2 Å². The van der Waals surface area contributed by atoms with Crippen LogP contribution >= 0.6 is 12.2 Å². The fraction of sp³-hybridized carbons (Fsp3) is 0.556. The Balaban J connectivity index is 2.27. The fourth-order valence-corrected chi connectivity index (χ4v) is 1.83. The molecule has 2 N–H and O–H groups in total. The molecule has 1 saturated heterocycles. The molecule has 1 aliphatic heterocycles. The van der Waals surface area contributed by atoms with Crippen LogP contribution in [0.1, 0.15) is 12.6 Å². The van der Waals surface area contributed by atoms with E-state index in [0.29, 0.717) is 4.64 Å². The van der Waals surface area contributed by atoms with Gasteiger partial charge in [-0.05, 0) is 6.07 Å². The molecule has 1 aliphatic rings. The Hall–Kier alpha value is -1.05. The van der Waals surface area contributed by atoms with Crippen LogP contribution in [0.4, 0.5) is 4.39 Å². The predicted molar refractivity (Wildman–Crippen MR) is 56.4 cm³/mol. The van der Waals surface area contributed by atoms with Crippen LogP contribution in [0.25, 0.3) is 0 Å². The van der Waals surface area contributed by atoms with Crippen molar-refractivity contribution in [1.82, 2.24) is 9.55 Å². The van der Waals surface area contributed by atoms with Crippen molar-refractivity contribution in [3.05, 3.63) is 27.4 Å². The Morgan fingerprint density at radius 3 is 3.06 bits per heavy atom. The molecule has 0 unspecified atom stereocenters. The first-order chi connectivity index (χ1) is 7.61. The van der Waals surface area contributed by atoms with Crippen molar-refractivity contribution < 1.29 is 14.2 Å². The standard InChI is InChI=1S/C9H11FN2O3S/c10-5-3-8(15-6(5)4-13)12-2-1-7(16)11-9(12)14/h1-2,5-6,8,13H,3-4H2,(H,11,14,16)/t5-,6+,8+/m0/s1. The second-order valence-corrected chi connectivity index (χ2v) is 4.02. The summed E-state index contributed by atoms with van der Waals surface area (Å²) < 4.78 is 20.1. The summed E-state index contributed by atoms with van der Waals surface area (Å²) in [5.41, 5.74) is -0.441. The number of rotatable bonds is 2. The third kappa shape index (κ3) is 2.06. The molecule has 0 amide bonds. The van der Waals surface area contributed by atoms with Crippen molar-refractivity contribution in [2.24, 2.45) is 0 Å². The Kier molecular flexibility index (Phi) is 3.17. The van der Waals surface area contributed by atoms with Crippen LogP contribution in [0.15, 0.2) is 17.1 Å². The SMILES string of the molecule is O=c1[nH]c(=S)ccn1[C@H]1C[C@H](F)[C@@H](CO)O1. The molecule has 2 rings (SSSR count). The van der Waals surface area contributed by atoms with Crippen LogP contribution in [0.5, 0.6) is 0 Å². The first-order valence-electron chi connectivity index (χ1n) is 4.83. The Labute approximate surface area is 95.5 Å². The number of hydrogen-bond donors (Lipinski definition) is 2. The van der Waals surface area contributed by atoms with Gasteiger partial charge in [-0.1, -0.05) is 12.2 Å². The quantitative estimate of drug-likeness (QED) is 0.747. The molecule has 1 aromatic heterocycles. The number of hydrogen-bond acceptors (Lipinski definition) is 4. The predicted octanol–water partition coefficient (Wildman–Crippen LogP) is 0.524. The molecule has 3 atom stereocenters. The van der Waals surface area contributed by atoms with E-state index in [1.165, 1.54) is 16.8 Å². The zero-order chi connectivity index (χ0) is 11.7. The normalized spacial score (nSPS) is 29.5. The molecule has 7 heteroatoms. The van der Waals surface area contributed by atoms with Crippen molar-refractivity contribution in [3.8, 4) is 0 Å². The fourth-order valence-electron chi connectivity index (χ4n) is 1.68. The van der Waals surface area contributed by atoms with Gasteiger partial charge in [0.15, 0.2) is 0 Å². The highest BCUT2D eigenvalue weighted by molar-refractivity contribution is 7.71. The Morgan fingerprint density at radius 2 is 2.50 bits per heavy atom. The summed E-state index contributed by atoms with van der Waals surface area (Å²) in [6, 6.07) is 1.53.